The second kappa shape index (κ2) is 6.55. The van der Waals surface area contributed by atoms with Gasteiger partial charge in [-0.25, -0.2) is 8.42 Å². The van der Waals surface area contributed by atoms with Crippen molar-refractivity contribution in [2.24, 2.45) is 0 Å². The minimum absolute atomic E-state index is 0.0524. The Hall–Kier alpha value is -1.15. The van der Waals surface area contributed by atoms with Crippen molar-refractivity contribution in [1.82, 2.24) is 9.62 Å². The van der Waals surface area contributed by atoms with Gasteiger partial charge in [-0.15, -0.1) is 0 Å². The van der Waals surface area contributed by atoms with Gasteiger partial charge in [0.15, 0.2) is 0 Å². The molecule has 1 amide bonds. The van der Waals surface area contributed by atoms with Gasteiger partial charge in [-0.05, 0) is 13.8 Å². The molecule has 0 fully saturated rings. The zero-order valence-electron chi connectivity index (χ0n) is 10.1. The summed E-state index contributed by atoms with van der Waals surface area (Å²) in [7, 11) is -3.60. The molecule has 0 spiro atoms. The van der Waals surface area contributed by atoms with Gasteiger partial charge < -0.3 is 10.4 Å². The van der Waals surface area contributed by atoms with E-state index in [-0.39, 0.29) is 24.7 Å². The molecule has 0 aliphatic heterocycles. The monoisotopic (exact) mass is 266 g/mol. The van der Waals surface area contributed by atoms with Crippen molar-refractivity contribution in [2.75, 3.05) is 18.8 Å². The van der Waals surface area contributed by atoms with Crippen LogP contribution < -0.4 is 5.32 Å². The highest BCUT2D eigenvalue weighted by molar-refractivity contribution is 7.89. The van der Waals surface area contributed by atoms with Crippen LogP contribution >= 0.6 is 0 Å². The van der Waals surface area contributed by atoms with Crippen molar-refractivity contribution in [3.8, 4) is 0 Å². The molecule has 0 rings (SSSR count). The lowest BCUT2D eigenvalue weighted by molar-refractivity contribution is -0.140. The van der Waals surface area contributed by atoms with Crippen molar-refractivity contribution in [3.63, 3.8) is 0 Å². The van der Waals surface area contributed by atoms with Gasteiger partial charge in [0.1, 0.15) is 6.04 Å². The molecule has 0 bridgehead atoms. The van der Waals surface area contributed by atoms with Crippen LogP contribution in [-0.2, 0) is 19.6 Å². The van der Waals surface area contributed by atoms with E-state index in [2.05, 4.69) is 5.32 Å². The molecular formula is C9H18N2O5S. The summed E-state index contributed by atoms with van der Waals surface area (Å²) in [4.78, 5) is 21.5. The number of rotatable bonds is 7. The molecule has 17 heavy (non-hydrogen) atoms. The molecule has 0 aromatic rings. The third-order valence-electron chi connectivity index (χ3n) is 2.22. The maximum atomic E-state index is 11.7. The fourth-order valence-corrected chi connectivity index (χ4v) is 2.48. The Kier molecular flexibility index (Phi) is 6.11. The van der Waals surface area contributed by atoms with Gasteiger partial charge in [-0.1, -0.05) is 0 Å². The standard InChI is InChI=1S/C9H18N2O5S/c1-4-17(15,16)11(7(2)9(13)14)6-5-10-8(3)12/h7H,4-6H2,1-3H3,(H,10,12)(H,13,14). The van der Waals surface area contributed by atoms with Gasteiger partial charge in [0, 0.05) is 20.0 Å². The van der Waals surface area contributed by atoms with E-state index in [1.165, 1.54) is 20.8 Å². The Morgan fingerprint density at radius 1 is 1.41 bits per heavy atom. The van der Waals surface area contributed by atoms with E-state index in [1.807, 2.05) is 0 Å². The summed E-state index contributed by atoms with van der Waals surface area (Å²) in [6.45, 7) is 4.08. The zero-order valence-corrected chi connectivity index (χ0v) is 11.0. The fourth-order valence-electron chi connectivity index (χ4n) is 1.20. The van der Waals surface area contributed by atoms with Crippen LogP contribution in [0.5, 0.6) is 0 Å². The average molecular weight is 266 g/mol. The van der Waals surface area contributed by atoms with Crippen molar-refractivity contribution in [3.05, 3.63) is 0 Å². The Labute approximate surface area is 101 Å². The van der Waals surface area contributed by atoms with E-state index in [1.54, 1.807) is 0 Å². The molecule has 8 heteroatoms. The first-order valence-electron chi connectivity index (χ1n) is 5.19. The minimum Gasteiger partial charge on any atom is -0.480 e. The largest absolute Gasteiger partial charge is 0.480 e. The average Bonchev–Trinajstić information content (AvgIpc) is 2.22. The topological polar surface area (TPSA) is 104 Å². The highest BCUT2D eigenvalue weighted by Gasteiger charge is 2.29. The maximum absolute atomic E-state index is 11.7. The number of nitrogens with zero attached hydrogens (tertiary/aromatic N) is 1. The van der Waals surface area contributed by atoms with Gasteiger partial charge in [0.05, 0.1) is 5.75 Å². The van der Waals surface area contributed by atoms with Crippen LogP contribution in [0.25, 0.3) is 0 Å². The summed E-state index contributed by atoms with van der Waals surface area (Å²) in [5, 5.41) is 11.3. The van der Waals surface area contributed by atoms with Crippen molar-refractivity contribution >= 4 is 21.9 Å². The molecule has 1 atom stereocenters. The van der Waals surface area contributed by atoms with E-state index in [0.717, 1.165) is 4.31 Å². The van der Waals surface area contributed by atoms with Gasteiger partial charge in [0.25, 0.3) is 0 Å². The number of aliphatic carboxylic acids is 1. The van der Waals surface area contributed by atoms with Crippen LogP contribution in [0.15, 0.2) is 0 Å². The van der Waals surface area contributed by atoms with Crippen LogP contribution in [-0.4, -0.2) is 54.6 Å². The third-order valence-corrected chi connectivity index (χ3v) is 4.16. The molecule has 0 aliphatic rings. The second-order valence-electron chi connectivity index (χ2n) is 3.51. The van der Waals surface area contributed by atoms with Crippen LogP contribution in [0, 0.1) is 0 Å². The Morgan fingerprint density at radius 3 is 2.29 bits per heavy atom. The second-order valence-corrected chi connectivity index (χ2v) is 5.72. The molecule has 0 heterocycles. The molecule has 0 saturated carbocycles. The lowest BCUT2D eigenvalue weighted by Crippen LogP contribution is -2.47. The molecule has 0 radical (unpaired) electrons. The van der Waals surface area contributed by atoms with E-state index >= 15 is 0 Å². The van der Waals surface area contributed by atoms with Crippen LogP contribution in [0.2, 0.25) is 0 Å². The first-order chi connectivity index (χ1) is 7.72. The SMILES string of the molecule is CCS(=O)(=O)N(CCNC(C)=O)C(C)C(=O)O. The van der Waals surface area contributed by atoms with Crippen molar-refractivity contribution in [1.29, 1.82) is 0 Å². The number of carboxylic acids is 1. The Bertz CT molecular complexity index is 379. The quantitative estimate of drug-likeness (QED) is 0.631. The van der Waals surface area contributed by atoms with Crippen LogP contribution in [0.3, 0.4) is 0 Å². The van der Waals surface area contributed by atoms with Crippen molar-refractivity contribution < 1.29 is 23.1 Å². The number of carbonyl (C=O) groups excluding carboxylic acids is 1. The normalized spacial score (nSPS) is 13.4. The van der Waals surface area contributed by atoms with Crippen molar-refractivity contribution in [2.45, 2.75) is 26.8 Å². The summed E-state index contributed by atoms with van der Waals surface area (Å²) in [5.74, 6) is -1.68. The van der Waals surface area contributed by atoms with Gasteiger partial charge in [-0.2, -0.15) is 4.31 Å². The summed E-state index contributed by atoms with van der Waals surface area (Å²) in [5.41, 5.74) is 0. The Balaban J connectivity index is 4.76. The predicted molar refractivity (Wildman–Crippen MR) is 61.9 cm³/mol. The van der Waals surface area contributed by atoms with Crippen LogP contribution in [0.4, 0.5) is 0 Å². The molecule has 1 unspecified atom stereocenters. The number of sulfonamides is 1. The summed E-state index contributed by atoms with van der Waals surface area (Å²) in [6.07, 6.45) is 0. The minimum atomic E-state index is -3.60. The van der Waals surface area contributed by atoms with E-state index in [9.17, 15) is 18.0 Å². The number of hydrogen-bond donors (Lipinski definition) is 2. The number of amides is 1. The van der Waals surface area contributed by atoms with E-state index < -0.39 is 22.0 Å². The Morgan fingerprint density at radius 2 is 1.94 bits per heavy atom. The molecule has 0 aliphatic carbocycles. The van der Waals surface area contributed by atoms with Gasteiger partial charge in [-0.3, -0.25) is 9.59 Å². The first kappa shape index (κ1) is 15.9. The highest BCUT2D eigenvalue weighted by atomic mass is 32.2. The number of hydrogen-bond acceptors (Lipinski definition) is 4. The zero-order chi connectivity index (χ0) is 13.6. The lowest BCUT2D eigenvalue weighted by Gasteiger charge is -2.25. The highest BCUT2D eigenvalue weighted by Crippen LogP contribution is 2.07. The first-order valence-corrected chi connectivity index (χ1v) is 6.80. The molecule has 0 aromatic heterocycles. The molecular weight excluding hydrogens is 248 g/mol. The molecule has 100 valence electrons. The smallest absolute Gasteiger partial charge is 0.321 e. The predicted octanol–water partition coefficient (Wildman–Crippen LogP) is -0.753. The molecule has 2 N–H and O–H groups in total. The van der Waals surface area contributed by atoms with E-state index in [0.29, 0.717) is 0 Å². The fraction of sp³-hybridized carbons (Fsp3) is 0.778. The van der Waals surface area contributed by atoms with E-state index in [4.69, 9.17) is 5.11 Å². The maximum Gasteiger partial charge on any atom is 0.321 e. The van der Waals surface area contributed by atoms with Crippen LogP contribution in [0.1, 0.15) is 20.8 Å². The number of nitrogens with one attached hydrogen (secondary N) is 1. The number of carboxylic acid groups (broad SMARTS) is 1. The molecule has 0 saturated heterocycles. The van der Waals surface area contributed by atoms with Gasteiger partial charge >= 0.3 is 5.97 Å². The summed E-state index contributed by atoms with van der Waals surface area (Å²) < 4.78 is 24.2. The molecule has 7 nitrogen and oxygen atoms in total. The summed E-state index contributed by atoms with van der Waals surface area (Å²) >= 11 is 0. The van der Waals surface area contributed by atoms with Gasteiger partial charge in [0.2, 0.25) is 15.9 Å². The summed E-state index contributed by atoms with van der Waals surface area (Å²) in [6, 6.07) is -1.14. The third kappa shape index (κ3) is 5.14. The lowest BCUT2D eigenvalue weighted by atomic mass is 10.3. The molecule has 0 aromatic carbocycles. The number of carbonyl (C=O) groups is 2.